The summed E-state index contributed by atoms with van der Waals surface area (Å²) >= 11 is 0. The molecule has 4 aliphatic rings. The Bertz CT molecular complexity index is 472. The fourth-order valence-electron chi connectivity index (χ4n) is 7.92. The third-order valence-corrected chi connectivity index (χ3v) is 9.26. The van der Waals surface area contributed by atoms with E-state index < -0.39 is 5.60 Å². The molecule has 0 aromatic heterocycles. The van der Waals surface area contributed by atoms with Gasteiger partial charge in [-0.15, -0.1) is 0 Å². The molecule has 8 atom stereocenters. The van der Waals surface area contributed by atoms with Gasteiger partial charge in [0.05, 0.1) is 11.7 Å². The van der Waals surface area contributed by atoms with Gasteiger partial charge in [-0.2, -0.15) is 0 Å². The van der Waals surface area contributed by atoms with Crippen molar-refractivity contribution in [3.05, 3.63) is 0 Å². The summed E-state index contributed by atoms with van der Waals surface area (Å²) in [7, 11) is 0. The molecule has 2 heteroatoms. The smallest absolute Gasteiger partial charge is 0.0622 e. The second kappa shape index (κ2) is 5.21. The van der Waals surface area contributed by atoms with Gasteiger partial charge in [-0.3, -0.25) is 0 Å². The van der Waals surface area contributed by atoms with E-state index in [2.05, 4.69) is 20.8 Å². The summed E-state index contributed by atoms with van der Waals surface area (Å²) in [5.74, 6) is 3.17. The number of fused-ring (bicyclic) bond motifs is 5. The largest absolute Gasteiger partial charge is 0.393 e. The monoisotopic (exact) mass is 320 g/mol. The summed E-state index contributed by atoms with van der Waals surface area (Å²) in [4.78, 5) is 0. The quantitative estimate of drug-likeness (QED) is 0.745. The molecule has 0 spiro atoms. The third-order valence-electron chi connectivity index (χ3n) is 9.26. The molecule has 0 aromatic carbocycles. The van der Waals surface area contributed by atoms with E-state index in [1.54, 1.807) is 0 Å². The summed E-state index contributed by atoms with van der Waals surface area (Å²) < 4.78 is 0. The first-order chi connectivity index (χ1) is 10.8. The van der Waals surface area contributed by atoms with Gasteiger partial charge in [0.1, 0.15) is 0 Å². The van der Waals surface area contributed by atoms with E-state index in [9.17, 15) is 10.2 Å². The van der Waals surface area contributed by atoms with E-state index in [0.29, 0.717) is 5.41 Å². The fraction of sp³-hybridized carbons (Fsp3) is 1.00. The zero-order valence-corrected chi connectivity index (χ0v) is 15.4. The Morgan fingerprint density at radius 1 is 0.913 bits per heavy atom. The van der Waals surface area contributed by atoms with Crippen molar-refractivity contribution in [1.82, 2.24) is 0 Å². The van der Waals surface area contributed by atoms with Crippen molar-refractivity contribution in [3.8, 4) is 0 Å². The molecule has 0 heterocycles. The minimum Gasteiger partial charge on any atom is -0.393 e. The summed E-state index contributed by atoms with van der Waals surface area (Å²) in [5.41, 5.74) is 0.256. The summed E-state index contributed by atoms with van der Waals surface area (Å²) in [6, 6.07) is 0. The second-order valence-corrected chi connectivity index (χ2v) is 10.1. The molecule has 132 valence electrons. The number of aliphatic hydroxyl groups is 2. The van der Waals surface area contributed by atoms with E-state index in [-0.39, 0.29) is 11.5 Å². The minimum atomic E-state index is -0.428. The Hall–Kier alpha value is -0.0800. The Kier molecular flexibility index (Phi) is 3.71. The van der Waals surface area contributed by atoms with Crippen molar-refractivity contribution in [3.63, 3.8) is 0 Å². The molecule has 4 rings (SSSR count). The Balaban J connectivity index is 1.65. The Labute approximate surface area is 142 Å². The predicted molar refractivity (Wildman–Crippen MR) is 93.0 cm³/mol. The molecule has 0 bridgehead atoms. The van der Waals surface area contributed by atoms with Crippen molar-refractivity contribution in [2.24, 2.45) is 34.5 Å². The highest BCUT2D eigenvalue weighted by molar-refractivity contribution is 5.11. The second-order valence-electron chi connectivity index (χ2n) is 10.1. The molecule has 0 saturated heterocycles. The van der Waals surface area contributed by atoms with Gasteiger partial charge in [0.2, 0.25) is 0 Å². The molecule has 2 nitrogen and oxygen atoms in total. The van der Waals surface area contributed by atoms with E-state index in [4.69, 9.17) is 0 Å². The summed E-state index contributed by atoms with van der Waals surface area (Å²) in [6.45, 7) is 6.85. The number of rotatable bonds is 1. The molecule has 4 aliphatic carbocycles. The molecule has 0 amide bonds. The molecule has 1 unspecified atom stereocenters. The van der Waals surface area contributed by atoms with Gasteiger partial charge in [-0.25, -0.2) is 0 Å². The predicted octanol–water partition coefficient (Wildman–Crippen LogP) is 4.53. The van der Waals surface area contributed by atoms with Crippen LogP contribution in [0.3, 0.4) is 0 Å². The Morgan fingerprint density at radius 3 is 2.43 bits per heavy atom. The maximum absolute atomic E-state index is 10.6. The third kappa shape index (κ3) is 2.20. The zero-order valence-electron chi connectivity index (χ0n) is 15.4. The summed E-state index contributed by atoms with van der Waals surface area (Å²) in [5, 5.41) is 21.2. The van der Waals surface area contributed by atoms with Crippen molar-refractivity contribution in [1.29, 1.82) is 0 Å². The van der Waals surface area contributed by atoms with Crippen LogP contribution in [0.15, 0.2) is 0 Å². The highest BCUT2D eigenvalue weighted by Gasteiger charge is 2.61. The lowest BCUT2D eigenvalue weighted by Gasteiger charge is -2.62. The van der Waals surface area contributed by atoms with Crippen LogP contribution in [0, 0.1) is 34.5 Å². The van der Waals surface area contributed by atoms with Gasteiger partial charge in [0.25, 0.3) is 0 Å². The molecular formula is C21H36O2. The van der Waals surface area contributed by atoms with Gasteiger partial charge < -0.3 is 10.2 Å². The number of hydrogen-bond donors (Lipinski definition) is 2. The molecule has 4 saturated carbocycles. The van der Waals surface area contributed by atoms with E-state index in [0.717, 1.165) is 42.9 Å². The van der Waals surface area contributed by atoms with Gasteiger partial charge in [-0.1, -0.05) is 13.8 Å². The molecule has 2 N–H and O–H groups in total. The van der Waals surface area contributed by atoms with Crippen LogP contribution in [0.2, 0.25) is 0 Å². The maximum Gasteiger partial charge on any atom is 0.0622 e. The Morgan fingerprint density at radius 2 is 1.70 bits per heavy atom. The van der Waals surface area contributed by atoms with Crippen molar-refractivity contribution in [2.45, 2.75) is 96.7 Å². The lowest BCUT2D eigenvalue weighted by atomic mass is 9.43. The van der Waals surface area contributed by atoms with E-state index in [1.165, 1.54) is 44.9 Å². The van der Waals surface area contributed by atoms with E-state index >= 15 is 0 Å². The highest BCUT2D eigenvalue weighted by Crippen LogP contribution is 2.67. The SMILES string of the molecule is CC[C@]12CC[C@@](C)(O)C[C@@H]1CC[C@@H]1[C@@H]2CC[C@]2(C)C(O)CC[C@@H]12. The highest BCUT2D eigenvalue weighted by atomic mass is 16.3. The van der Waals surface area contributed by atoms with Crippen LogP contribution in [-0.4, -0.2) is 21.9 Å². The van der Waals surface area contributed by atoms with Crippen LogP contribution < -0.4 is 0 Å². The maximum atomic E-state index is 10.6. The van der Waals surface area contributed by atoms with Crippen LogP contribution in [0.25, 0.3) is 0 Å². The van der Waals surface area contributed by atoms with Crippen molar-refractivity contribution < 1.29 is 10.2 Å². The summed E-state index contributed by atoms with van der Waals surface area (Å²) in [6.07, 6.45) is 12.0. The standard InChI is InChI=1S/C21H36O2/c1-4-21-12-11-19(2,23)13-14(21)5-6-15-16-7-8-18(22)20(16,3)10-9-17(15)21/h14-18,22-23H,4-13H2,1-3H3/t14-,15-,16-,17-,18?,19+,20-,21-/m0/s1. The molecule has 0 aliphatic heterocycles. The van der Waals surface area contributed by atoms with Crippen molar-refractivity contribution in [2.75, 3.05) is 0 Å². The molecular weight excluding hydrogens is 284 g/mol. The first-order valence-electron chi connectivity index (χ1n) is 10.2. The van der Waals surface area contributed by atoms with Gasteiger partial charge in [-0.05, 0) is 106 Å². The number of hydrogen-bond acceptors (Lipinski definition) is 2. The first-order valence-corrected chi connectivity index (χ1v) is 10.2. The van der Waals surface area contributed by atoms with Gasteiger partial charge in [0, 0.05) is 0 Å². The van der Waals surface area contributed by atoms with Crippen LogP contribution in [0.1, 0.15) is 85.0 Å². The minimum absolute atomic E-state index is 0.0594. The lowest BCUT2D eigenvalue weighted by Crippen LogP contribution is -2.56. The van der Waals surface area contributed by atoms with Crippen molar-refractivity contribution >= 4 is 0 Å². The topological polar surface area (TPSA) is 40.5 Å². The molecule has 23 heavy (non-hydrogen) atoms. The number of aliphatic hydroxyl groups excluding tert-OH is 1. The fourth-order valence-corrected chi connectivity index (χ4v) is 7.92. The lowest BCUT2D eigenvalue weighted by molar-refractivity contribution is -0.159. The van der Waals surface area contributed by atoms with Crippen LogP contribution in [0.4, 0.5) is 0 Å². The van der Waals surface area contributed by atoms with Crippen LogP contribution in [-0.2, 0) is 0 Å². The van der Waals surface area contributed by atoms with E-state index in [1.807, 2.05) is 0 Å². The normalized spacial score (nSPS) is 59.1. The van der Waals surface area contributed by atoms with Gasteiger partial charge >= 0.3 is 0 Å². The molecule has 0 aromatic rings. The van der Waals surface area contributed by atoms with Gasteiger partial charge in [0.15, 0.2) is 0 Å². The average Bonchev–Trinajstić information content (AvgIpc) is 2.82. The van der Waals surface area contributed by atoms with Crippen LogP contribution >= 0.6 is 0 Å². The molecule has 4 fully saturated rings. The molecule has 0 radical (unpaired) electrons. The van der Waals surface area contributed by atoms with Crippen LogP contribution in [0.5, 0.6) is 0 Å². The zero-order chi connectivity index (χ0) is 16.5. The first kappa shape index (κ1) is 16.4. The average molecular weight is 321 g/mol.